The molecule has 1 heterocycles. The van der Waals surface area contributed by atoms with Crippen molar-refractivity contribution in [2.45, 2.75) is 25.8 Å². The van der Waals surface area contributed by atoms with Crippen LogP contribution in [-0.2, 0) is 11.2 Å². The number of methoxy groups -OCH3 is 1. The van der Waals surface area contributed by atoms with Gasteiger partial charge in [0.15, 0.2) is 0 Å². The molecule has 0 saturated carbocycles. The van der Waals surface area contributed by atoms with Gasteiger partial charge in [-0.3, -0.25) is 5.10 Å². The molecule has 0 aromatic carbocycles. The quantitative estimate of drug-likeness (QED) is 0.664. The predicted octanol–water partition coefficient (Wildman–Crippen LogP) is 0.362. The maximum atomic E-state index is 5.08. The molecule has 1 rings (SSSR count). The first-order valence-corrected chi connectivity index (χ1v) is 4.93. The van der Waals surface area contributed by atoms with Gasteiger partial charge in [-0.1, -0.05) is 6.92 Å². The molecule has 0 radical (unpaired) electrons. The molecule has 2 N–H and O–H groups in total. The average molecular weight is 198 g/mol. The van der Waals surface area contributed by atoms with Gasteiger partial charge in [-0.25, -0.2) is 4.98 Å². The number of hydrogen-bond acceptors (Lipinski definition) is 4. The maximum absolute atomic E-state index is 5.08. The van der Waals surface area contributed by atoms with Gasteiger partial charge >= 0.3 is 0 Å². The normalized spacial score (nSPS) is 13.0. The van der Waals surface area contributed by atoms with Crippen molar-refractivity contribution >= 4 is 0 Å². The van der Waals surface area contributed by atoms with Crippen LogP contribution in [0, 0.1) is 0 Å². The number of aromatic amines is 1. The maximum Gasteiger partial charge on any atom is 0.137 e. The fraction of sp³-hybridized carbons (Fsp3) is 0.778. The van der Waals surface area contributed by atoms with Crippen LogP contribution in [-0.4, -0.2) is 41.5 Å². The Hall–Kier alpha value is -0.940. The topological polar surface area (TPSA) is 62.8 Å². The van der Waals surface area contributed by atoms with E-state index >= 15 is 0 Å². The van der Waals surface area contributed by atoms with Crippen LogP contribution in [0.2, 0.25) is 0 Å². The predicted molar refractivity (Wildman–Crippen MR) is 54.0 cm³/mol. The summed E-state index contributed by atoms with van der Waals surface area (Å²) in [5.74, 6) is 0.921. The van der Waals surface area contributed by atoms with Gasteiger partial charge in [-0.15, -0.1) is 0 Å². The largest absolute Gasteiger partial charge is 0.383 e. The highest BCUT2D eigenvalue weighted by Gasteiger charge is 2.04. The minimum Gasteiger partial charge on any atom is -0.383 e. The van der Waals surface area contributed by atoms with E-state index in [0.717, 1.165) is 31.8 Å². The van der Waals surface area contributed by atoms with E-state index in [1.54, 1.807) is 7.11 Å². The van der Waals surface area contributed by atoms with E-state index in [0.29, 0.717) is 6.04 Å². The minimum atomic E-state index is 0.433. The second-order valence-corrected chi connectivity index (χ2v) is 3.20. The Morgan fingerprint density at radius 1 is 1.64 bits per heavy atom. The van der Waals surface area contributed by atoms with E-state index in [1.807, 2.05) is 0 Å². The molecule has 1 aromatic heterocycles. The summed E-state index contributed by atoms with van der Waals surface area (Å²) in [5, 5.41) is 10.0. The molecular formula is C9H18N4O. The van der Waals surface area contributed by atoms with Crippen LogP contribution in [0.15, 0.2) is 6.33 Å². The Morgan fingerprint density at radius 2 is 2.50 bits per heavy atom. The molecular weight excluding hydrogens is 180 g/mol. The van der Waals surface area contributed by atoms with E-state index in [2.05, 4.69) is 27.4 Å². The van der Waals surface area contributed by atoms with Crippen LogP contribution >= 0.6 is 0 Å². The van der Waals surface area contributed by atoms with E-state index in [1.165, 1.54) is 6.33 Å². The third-order valence-corrected chi connectivity index (χ3v) is 2.12. The average Bonchev–Trinajstić information content (AvgIpc) is 2.69. The fourth-order valence-electron chi connectivity index (χ4n) is 1.27. The first-order valence-electron chi connectivity index (χ1n) is 4.93. The van der Waals surface area contributed by atoms with E-state index in [4.69, 9.17) is 4.74 Å². The number of ether oxygens (including phenoxy) is 1. The van der Waals surface area contributed by atoms with Crippen molar-refractivity contribution in [1.82, 2.24) is 20.5 Å². The molecule has 0 bridgehead atoms. The van der Waals surface area contributed by atoms with Crippen molar-refractivity contribution in [3.8, 4) is 0 Å². The van der Waals surface area contributed by atoms with E-state index in [-0.39, 0.29) is 0 Å². The molecule has 1 aromatic rings. The Bertz CT molecular complexity index is 225. The summed E-state index contributed by atoms with van der Waals surface area (Å²) < 4.78 is 5.08. The highest BCUT2D eigenvalue weighted by atomic mass is 16.5. The van der Waals surface area contributed by atoms with Crippen molar-refractivity contribution in [2.75, 3.05) is 20.3 Å². The van der Waals surface area contributed by atoms with Gasteiger partial charge in [0.05, 0.1) is 6.61 Å². The zero-order valence-corrected chi connectivity index (χ0v) is 8.79. The van der Waals surface area contributed by atoms with E-state index < -0.39 is 0 Å². The summed E-state index contributed by atoms with van der Waals surface area (Å²) in [6.07, 6.45) is 3.48. The monoisotopic (exact) mass is 198 g/mol. The minimum absolute atomic E-state index is 0.433. The molecule has 0 saturated heterocycles. The number of H-pyrrole nitrogens is 1. The number of hydrogen-bond donors (Lipinski definition) is 2. The zero-order valence-electron chi connectivity index (χ0n) is 8.79. The van der Waals surface area contributed by atoms with Crippen molar-refractivity contribution in [3.63, 3.8) is 0 Å². The van der Waals surface area contributed by atoms with Gasteiger partial charge < -0.3 is 10.1 Å². The summed E-state index contributed by atoms with van der Waals surface area (Å²) in [7, 11) is 1.72. The number of aromatic nitrogens is 3. The number of rotatable bonds is 7. The summed E-state index contributed by atoms with van der Waals surface area (Å²) in [4.78, 5) is 4.05. The van der Waals surface area contributed by atoms with Crippen molar-refractivity contribution in [3.05, 3.63) is 12.2 Å². The lowest BCUT2D eigenvalue weighted by Crippen LogP contribution is -2.34. The van der Waals surface area contributed by atoms with Crippen molar-refractivity contribution < 1.29 is 4.74 Å². The number of nitrogens with one attached hydrogen (secondary N) is 2. The van der Waals surface area contributed by atoms with Crippen LogP contribution in [0.1, 0.15) is 19.2 Å². The number of nitrogens with zero attached hydrogens (tertiary/aromatic N) is 2. The third kappa shape index (κ3) is 3.85. The van der Waals surface area contributed by atoms with Gasteiger partial charge in [0.25, 0.3) is 0 Å². The Labute approximate surface area is 84.3 Å². The molecule has 80 valence electrons. The third-order valence-electron chi connectivity index (χ3n) is 2.12. The SMILES string of the molecule is CCC(COC)NCCc1ncn[nH]1. The Kier molecular flexibility index (Phi) is 5.17. The lowest BCUT2D eigenvalue weighted by Gasteiger charge is -2.14. The first-order chi connectivity index (χ1) is 6.86. The molecule has 0 spiro atoms. The Morgan fingerprint density at radius 3 is 3.07 bits per heavy atom. The molecule has 5 nitrogen and oxygen atoms in total. The molecule has 0 aliphatic rings. The van der Waals surface area contributed by atoms with Crippen LogP contribution in [0.5, 0.6) is 0 Å². The molecule has 0 amide bonds. The van der Waals surface area contributed by atoms with Gasteiger partial charge in [-0.2, -0.15) is 5.10 Å². The van der Waals surface area contributed by atoms with Crippen LogP contribution in [0.3, 0.4) is 0 Å². The fourth-order valence-corrected chi connectivity index (χ4v) is 1.27. The van der Waals surface area contributed by atoms with Gasteiger partial charge in [0, 0.05) is 26.1 Å². The molecule has 5 heteroatoms. The van der Waals surface area contributed by atoms with Crippen LogP contribution < -0.4 is 5.32 Å². The van der Waals surface area contributed by atoms with Gasteiger partial charge in [0.2, 0.25) is 0 Å². The summed E-state index contributed by atoms with van der Waals surface area (Å²) >= 11 is 0. The van der Waals surface area contributed by atoms with Gasteiger partial charge in [-0.05, 0) is 6.42 Å². The molecule has 1 unspecified atom stereocenters. The molecule has 0 aliphatic heterocycles. The highest BCUT2D eigenvalue weighted by Crippen LogP contribution is 1.92. The zero-order chi connectivity index (χ0) is 10.2. The molecule has 0 fully saturated rings. The highest BCUT2D eigenvalue weighted by molar-refractivity contribution is 4.81. The van der Waals surface area contributed by atoms with Crippen molar-refractivity contribution in [2.24, 2.45) is 0 Å². The lowest BCUT2D eigenvalue weighted by molar-refractivity contribution is 0.164. The molecule has 1 atom stereocenters. The van der Waals surface area contributed by atoms with Gasteiger partial charge in [0.1, 0.15) is 12.2 Å². The molecule has 14 heavy (non-hydrogen) atoms. The first kappa shape index (κ1) is 11.1. The second-order valence-electron chi connectivity index (χ2n) is 3.20. The van der Waals surface area contributed by atoms with Crippen molar-refractivity contribution in [1.29, 1.82) is 0 Å². The Balaban J connectivity index is 2.13. The lowest BCUT2D eigenvalue weighted by atomic mass is 10.2. The summed E-state index contributed by atoms with van der Waals surface area (Å²) in [6, 6.07) is 0.433. The van der Waals surface area contributed by atoms with Crippen LogP contribution in [0.25, 0.3) is 0 Å². The smallest absolute Gasteiger partial charge is 0.137 e. The second kappa shape index (κ2) is 6.50. The van der Waals surface area contributed by atoms with E-state index in [9.17, 15) is 0 Å². The summed E-state index contributed by atoms with van der Waals surface area (Å²) in [6.45, 7) is 3.80. The standard InChI is InChI=1S/C9H18N4O/c1-3-8(6-14-2)10-5-4-9-11-7-12-13-9/h7-8,10H,3-6H2,1-2H3,(H,11,12,13). The molecule has 0 aliphatic carbocycles. The van der Waals surface area contributed by atoms with Crippen LogP contribution in [0.4, 0.5) is 0 Å². The summed E-state index contributed by atoms with van der Waals surface area (Å²) in [5.41, 5.74) is 0.